The SMILES string of the molecule is Cc1ncnc(C)c1C(=O)NCCC(C)N1CCC(N(Cc2cccc(C#N)c2)c2ccc3c(c2)OCCO3)CC1. The van der Waals surface area contributed by atoms with Gasteiger partial charge in [-0.1, -0.05) is 12.1 Å². The number of fused-ring (bicyclic) bond motifs is 1. The molecule has 0 radical (unpaired) electrons. The van der Waals surface area contributed by atoms with E-state index in [2.05, 4.69) is 56.3 Å². The van der Waals surface area contributed by atoms with Crippen LogP contribution in [0.5, 0.6) is 11.5 Å². The third kappa shape index (κ3) is 6.77. The topological polar surface area (TPSA) is 104 Å². The van der Waals surface area contributed by atoms with Gasteiger partial charge in [-0.2, -0.15) is 5.26 Å². The molecule has 1 N–H and O–H groups in total. The molecule has 1 atom stereocenters. The smallest absolute Gasteiger partial charge is 0.254 e. The predicted molar refractivity (Wildman–Crippen MR) is 157 cm³/mol. The second kappa shape index (κ2) is 13.0. The highest BCUT2D eigenvalue weighted by molar-refractivity contribution is 5.96. The summed E-state index contributed by atoms with van der Waals surface area (Å²) in [5.41, 5.74) is 4.85. The van der Waals surface area contributed by atoms with Gasteiger partial charge in [0, 0.05) is 50.0 Å². The summed E-state index contributed by atoms with van der Waals surface area (Å²) in [6.45, 7) is 10.3. The van der Waals surface area contributed by atoms with Gasteiger partial charge in [-0.15, -0.1) is 0 Å². The van der Waals surface area contributed by atoms with Crippen molar-refractivity contribution in [2.75, 3.05) is 37.7 Å². The van der Waals surface area contributed by atoms with E-state index in [0.717, 1.165) is 55.1 Å². The first-order chi connectivity index (χ1) is 19.9. The number of hydrogen-bond donors (Lipinski definition) is 1. The maximum Gasteiger partial charge on any atom is 0.254 e. The number of amides is 1. The third-order valence-corrected chi connectivity index (χ3v) is 8.13. The molecule has 0 bridgehead atoms. The Kier molecular flexibility index (Phi) is 9.00. The summed E-state index contributed by atoms with van der Waals surface area (Å²) in [4.78, 5) is 26.0. The van der Waals surface area contributed by atoms with Crippen LogP contribution in [0, 0.1) is 25.2 Å². The van der Waals surface area contributed by atoms with Gasteiger partial charge in [0.25, 0.3) is 5.91 Å². The lowest BCUT2D eigenvalue weighted by atomic mass is 9.99. The fourth-order valence-corrected chi connectivity index (χ4v) is 5.80. The van der Waals surface area contributed by atoms with Gasteiger partial charge >= 0.3 is 0 Å². The van der Waals surface area contributed by atoms with Crippen molar-refractivity contribution in [1.29, 1.82) is 5.26 Å². The molecule has 0 aliphatic carbocycles. The number of benzene rings is 2. The summed E-state index contributed by atoms with van der Waals surface area (Å²) in [6.07, 6.45) is 4.39. The molecule has 2 aliphatic rings. The maximum atomic E-state index is 12.7. The molecule has 9 nitrogen and oxygen atoms in total. The standard InChI is InChI=1S/C32H38N6O3/c1-22(9-12-34-32(39)31-23(2)35-21-36-24(31)3)37-13-10-27(11-14-37)38(20-26-6-4-5-25(17-26)19-33)28-7-8-29-30(18-28)41-16-15-40-29/h4-8,17-18,21-22,27H,9-16,20H2,1-3H3,(H,34,39). The number of likely N-dealkylation sites (tertiary alicyclic amines) is 1. The number of anilines is 1. The van der Waals surface area contributed by atoms with Crippen LogP contribution in [0.25, 0.3) is 0 Å². The molecule has 1 amide bonds. The van der Waals surface area contributed by atoms with Crippen molar-refractivity contribution in [3.63, 3.8) is 0 Å². The molecule has 5 rings (SSSR count). The van der Waals surface area contributed by atoms with Crippen LogP contribution in [-0.4, -0.2) is 65.7 Å². The highest BCUT2D eigenvalue weighted by atomic mass is 16.6. The molecule has 2 aliphatic heterocycles. The van der Waals surface area contributed by atoms with Gasteiger partial charge in [-0.3, -0.25) is 4.79 Å². The Morgan fingerprint density at radius 1 is 1.10 bits per heavy atom. The molecular formula is C32H38N6O3. The normalized spacial score (nSPS) is 16.0. The van der Waals surface area contributed by atoms with Crippen LogP contribution in [0.2, 0.25) is 0 Å². The van der Waals surface area contributed by atoms with E-state index in [4.69, 9.17) is 9.47 Å². The Morgan fingerprint density at radius 3 is 2.56 bits per heavy atom. The number of carbonyl (C=O) groups is 1. The third-order valence-electron chi connectivity index (χ3n) is 8.13. The number of ether oxygens (including phenoxy) is 2. The minimum atomic E-state index is -0.109. The second-order valence-electron chi connectivity index (χ2n) is 10.8. The van der Waals surface area contributed by atoms with Crippen LogP contribution in [0.15, 0.2) is 48.8 Å². The lowest BCUT2D eigenvalue weighted by Crippen LogP contribution is -2.48. The van der Waals surface area contributed by atoms with Crippen molar-refractivity contribution in [3.8, 4) is 17.6 Å². The number of nitrogens with zero attached hydrogens (tertiary/aromatic N) is 5. The number of nitrogens with one attached hydrogen (secondary N) is 1. The molecule has 2 aromatic carbocycles. The van der Waals surface area contributed by atoms with Crippen molar-refractivity contribution >= 4 is 11.6 Å². The molecular weight excluding hydrogens is 516 g/mol. The van der Waals surface area contributed by atoms with Gasteiger partial charge in [0.15, 0.2) is 11.5 Å². The zero-order chi connectivity index (χ0) is 28.8. The summed E-state index contributed by atoms with van der Waals surface area (Å²) in [5, 5.41) is 12.5. The van der Waals surface area contributed by atoms with E-state index in [1.165, 1.54) is 6.33 Å². The lowest BCUT2D eigenvalue weighted by molar-refractivity contribution is 0.0943. The maximum absolute atomic E-state index is 12.7. The van der Waals surface area contributed by atoms with E-state index >= 15 is 0 Å². The summed E-state index contributed by atoms with van der Waals surface area (Å²) < 4.78 is 11.7. The van der Waals surface area contributed by atoms with Crippen LogP contribution >= 0.6 is 0 Å². The molecule has 1 unspecified atom stereocenters. The van der Waals surface area contributed by atoms with Gasteiger partial charge in [0.1, 0.15) is 19.5 Å². The first-order valence-corrected chi connectivity index (χ1v) is 14.4. The molecule has 0 spiro atoms. The molecule has 41 heavy (non-hydrogen) atoms. The summed E-state index contributed by atoms with van der Waals surface area (Å²) in [5.74, 6) is 1.46. The fraction of sp³-hybridized carbons (Fsp3) is 0.438. The van der Waals surface area contributed by atoms with Crippen molar-refractivity contribution in [2.24, 2.45) is 0 Å². The molecule has 1 fully saturated rings. The number of aryl methyl sites for hydroxylation is 2. The van der Waals surface area contributed by atoms with Gasteiger partial charge in [0.2, 0.25) is 0 Å². The van der Waals surface area contributed by atoms with E-state index in [1.54, 1.807) is 0 Å². The number of rotatable bonds is 9. The van der Waals surface area contributed by atoms with Crippen molar-refractivity contribution in [1.82, 2.24) is 20.2 Å². The summed E-state index contributed by atoms with van der Waals surface area (Å²) >= 11 is 0. The molecule has 3 heterocycles. The van der Waals surface area contributed by atoms with Crippen LogP contribution in [0.3, 0.4) is 0 Å². The zero-order valence-corrected chi connectivity index (χ0v) is 24.1. The van der Waals surface area contributed by atoms with Gasteiger partial charge in [-0.05, 0) is 69.9 Å². The Balaban J connectivity index is 1.21. The largest absolute Gasteiger partial charge is 0.486 e. The first kappa shape index (κ1) is 28.4. The van der Waals surface area contributed by atoms with Crippen molar-refractivity contribution in [2.45, 2.75) is 58.7 Å². The van der Waals surface area contributed by atoms with Crippen LogP contribution in [0.4, 0.5) is 5.69 Å². The Bertz CT molecular complexity index is 1390. The molecule has 1 saturated heterocycles. The van der Waals surface area contributed by atoms with Crippen LogP contribution in [0.1, 0.15) is 59.1 Å². The van der Waals surface area contributed by atoms with Crippen LogP contribution in [-0.2, 0) is 6.54 Å². The van der Waals surface area contributed by atoms with E-state index in [-0.39, 0.29) is 5.91 Å². The highest BCUT2D eigenvalue weighted by Gasteiger charge is 2.28. The minimum Gasteiger partial charge on any atom is -0.486 e. The molecule has 3 aromatic rings. The number of hydrogen-bond acceptors (Lipinski definition) is 8. The number of nitriles is 1. The van der Waals surface area contributed by atoms with E-state index < -0.39 is 0 Å². The number of piperidine rings is 1. The van der Waals surface area contributed by atoms with Gasteiger partial charge < -0.3 is 24.6 Å². The average molecular weight is 555 g/mol. The predicted octanol–water partition coefficient (Wildman–Crippen LogP) is 4.42. The average Bonchev–Trinajstić information content (AvgIpc) is 2.99. The van der Waals surface area contributed by atoms with E-state index in [1.807, 2.05) is 38.1 Å². The van der Waals surface area contributed by atoms with Crippen molar-refractivity contribution < 1.29 is 14.3 Å². The monoisotopic (exact) mass is 554 g/mol. The van der Waals surface area contributed by atoms with E-state index in [9.17, 15) is 10.1 Å². The summed E-state index contributed by atoms with van der Waals surface area (Å²) in [6, 6.07) is 17.0. The Hall–Kier alpha value is -4.16. The first-order valence-electron chi connectivity index (χ1n) is 14.4. The Labute approximate surface area is 242 Å². The molecule has 9 heteroatoms. The summed E-state index contributed by atoms with van der Waals surface area (Å²) in [7, 11) is 0. The quantitative estimate of drug-likeness (QED) is 0.415. The molecule has 214 valence electrons. The molecule has 0 saturated carbocycles. The fourth-order valence-electron chi connectivity index (χ4n) is 5.80. The van der Waals surface area contributed by atoms with Gasteiger partial charge in [0.05, 0.1) is 28.6 Å². The minimum absolute atomic E-state index is 0.109. The molecule has 1 aromatic heterocycles. The zero-order valence-electron chi connectivity index (χ0n) is 24.1. The highest BCUT2D eigenvalue weighted by Crippen LogP contribution is 2.36. The number of carbonyl (C=O) groups excluding carboxylic acids is 1. The Morgan fingerprint density at radius 2 is 1.83 bits per heavy atom. The van der Waals surface area contributed by atoms with Crippen LogP contribution < -0.4 is 19.7 Å². The number of aromatic nitrogens is 2. The van der Waals surface area contributed by atoms with E-state index in [0.29, 0.717) is 60.9 Å². The van der Waals surface area contributed by atoms with Crippen molar-refractivity contribution in [3.05, 3.63) is 76.9 Å². The van der Waals surface area contributed by atoms with Gasteiger partial charge in [-0.25, -0.2) is 9.97 Å². The second-order valence-corrected chi connectivity index (χ2v) is 10.8. The lowest BCUT2D eigenvalue weighted by Gasteiger charge is -2.42.